The zero-order chi connectivity index (χ0) is 11.2. The Bertz CT molecular complexity index is 233. The zero-order valence-corrected chi connectivity index (χ0v) is 11.1. The number of alkyl halides is 1. The second kappa shape index (κ2) is 3.92. The minimum atomic E-state index is 0.346. The molecule has 0 spiro atoms. The van der Waals surface area contributed by atoms with Crippen molar-refractivity contribution in [3.63, 3.8) is 0 Å². The van der Waals surface area contributed by atoms with E-state index in [1.165, 1.54) is 12.8 Å². The highest BCUT2D eigenvalue weighted by molar-refractivity contribution is 6.21. The van der Waals surface area contributed by atoms with Crippen LogP contribution in [-0.2, 0) is 4.74 Å². The predicted molar refractivity (Wildman–Crippen MR) is 64.3 cm³/mol. The molecule has 5 atom stereocenters. The monoisotopic (exact) mass is 230 g/mol. The standard InChI is InChI=1S/C13H23ClO/c1-8-9-5-6-10(14)12(9)11(15-8)7-13(2,3)4/h8-12H,5-7H2,1-4H3. The fourth-order valence-electron chi connectivity index (χ4n) is 3.32. The number of hydrogen-bond acceptors (Lipinski definition) is 1. The first kappa shape index (κ1) is 11.7. The molecule has 88 valence electrons. The van der Waals surface area contributed by atoms with Crippen LogP contribution in [0.2, 0.25) is 0 Å². The van der Waals surface area contributed by atoms with Crippen molar-refractivity contribution >= 4 is 11.6 Å². The van der Waals surface area contributed by atoms with Crippen LogP contribution in [0.5, 0.6) is 0 Å². The van der Waals surface area contributed by atoms with Crippen molar-refractivity contribution in [2.45, 2.75) is 64.5 Å². The van der Waals surface area contributed by atoms with Gasteiger partial charge in [0.05, 0.1) is 12.2 Å². The van der Waals surface area contributed by atoms with E-state index in [1.54, 1.807) is 0 Å². The van der Waals surface area contributed by atoms with Crippen LogP contribution in [0, 0.1) is 17.3 Å². The van der Waals surface area contributed by atoms with Crippen LogP contribution in [0.3, 0.4) is 0 Å². The lowest BCUT2D eigenvalue weighted by Crippen LogP contribution is -2.28. The number of halogens is 1. The Hall–Kier alpha value is 0.250. The molecule has 2 heteroatoms. The normalized spacial score (nSPS) is 45.8. The highest BCUT2D eigenvalue weighted by Crippen LogP contribution is 2.49. The summed E-state index contributed by atoms with van der Waals surface area (Å²) < 4.78 is 6.09. The Morgan fingerprint density at radius 1 is 1.27 bits per heavy atom. The maximum atomic E-state index is 6.42. The van der Waals surface area contributed by atoms with Gasteiger partial charge in [-0.15, -0.1) is 11.6 Å². The average Bonchev–Trinajstić information content (AvgIpc) is 2.54. The first-order valence-electron chi connectivity index (χ1n) is 6.18. The minimum absolute atomic E-state index is 0.346. The molecular weight excluding hydrogens is 208 g/mol. The number of ether oxygens (including phenoxy) is 1. The van der Waals surface area contributed by atoms with E-state index >= 15 is 0 Å². The van der Waals surface area contributed by atoms with Gasteiger partial charge in [0.2, 0.25) is 0 Å². The third-order valence-electron chi connectivity index (χ3n) is 3.92. The van der Waals surface area contributed by atoms with Crippen molar-refractivity contribution in [3.8, 4) is 0 Å². The van der Waals surface area contributed by atoms with Crippen LogP contribution in [0.15, 0.2) is 0 Å². The second-order valence-electron chi connectivity index (χ2n) is 6.48. The van der Waals surface area contributed by atoms with Gasteiger partial charge in [-0.25, -0.2) is 0 Å². The third-order valence-corrected chi connectivity index (χ3v) is 4.43. The number of fused-ring (bicyclic) bond motifs is 1. The molecule has 1 aliphatic carbocycles. The van der Waals surface area contributed by atoms with E-state index in [-0.39, 0.29) is 0 Å². The molecule has 2 fully saturated rings. The first-order chi connectivity index (χ1) is 6.88. The lowest BCUT2D eigenvalue weighted by molar-refractivity contribution is 0.0117. The summed E-state index contributed by atoms with van der Waals surface area (Å²) >= 11 is 6.42. The van der Waals surface area contributed by atoms with Gasteiger partial charge in [0.15, 0.2) is 0 Å². The summed E-state index contributed by atoms with van der Waals surface area (Å²) in [6.07, 6.45) is 4.41. The summed E-state index contributed by atoms with van der Waals surface area (Å²) in [5.41, 5.74) is 0.346. The van der Waals surface area contributed by atoms with Gasteiger partial charge < -0.3 is 4.74 Å². The van der Waals surface area contributed by atoms with Crippen LogP contribution < -0.4 is 0 Å². The van der Waals surface area contributed by atoms with Crippen LogP contribution in [0.4, 0.5) is 0 Å². The molecule has 0 bridgehead atoms. The molecule has 0 N–H and O–H groups in total. The SMILES string of the molecule is CC1OC(CC(C)(C)C)C2C(Cl)CCC12. The molecule has 0 radical (unpaired) electrons. The van der Waals surface area contributed by atoms with Gasteiger partial charge in [-0.1, -0.05) is 20.8 Å². The molecule has 0 aromatic carbocycles. The number of hydrogen-bond donors (Lipinski definition) is 0. The van der Waals surface area contributed by atoms with Gasteiger partial charge in [0.25, 0.3) is 0 Å². The Labute approximate surface area is 98.5 Å². The van der Waals surface area contributed by atoms with Gasteiger partial charge in [-0.05, 0) is 37.5 Å². The topological polar surface area (TPSA) is 9.23 Å². The zero-order valence-electron chi connectivity index (χ0n) is 10.3. The third kappa shape index (κ3) is 2.34. The molecule has 0 aromatic rings. The largest absolute Gasteiger partial charge is 0.375 e. The summed E-state index contributed by atoms with van der Waals surface area (Å²) in [4.78, 5) is 0. The lowest BCUT2D eigenvalue weighted by atomic mass is 9.82. The average molecular weight is 231 g/mol. The van der Waals surface area contributed by atoms with E-state index in [2.05, 4.69) is 27.7 Å². The smallest absolute Gasteiger partial charge is 0.0629 e. The molecule has 5 unspecified atom stereocenters. The van der Waals surface area contributed by atoms with E-state index < -0.39 is 0 Å². The Morgan fingerprint density at radius 2 is 1.93 bits per heavy atom. The van der Waals surface area contributed by atoms with Gasteiger partial charge >= 0.3 is 0 Å². The summed E-state index contributed by atoms with van der Waals surface area (Å²) in [5.74, 6) is 1.33. The van der Waals surface area contributed by atoms with E-state index in [4.69, 9.17) is 16.3 Å². The van der Waals surface area contributed by atoms with Gasteiger partial charge in [0, 0.05) is 11.3 Å². The van der Waals surface area contributed by atoms with Gasteiger partial charge in [0.1, 0.15) is 0 Å². The van der Waals surface area contributed by atoms with Gasteiger partial charge in [-0.3, -0.25) is 0 Å². The van der Waals surface area contributed by atoms with Crippen LogP contribution in [0.1, 0.15) is 47.0 Å². The molecule has 2 aliphatic rings. The van der Waals surface area contributed by atoms with E-state index in [9.17, 15) is 0 Å². The minimum Gasteiger partial charge on any atom is -0.375 e. The molecule has 1 heterocycles. The Kier molecular flexibility index (Phi) is 3.07. The number of rotatable bonds is 1. The summed E-state index contributed by atoms with van der Waals surface area (Å²) in [5, 5.41) is 0.354. The maximum absolute atomic E-state index is 6.42. The highest BCUT2D eigenvalue weighted by atomic mass is 35.5. The quantitative estimate of drug-likeness (QED) is 0.622. The van der Waals surface area contributed by atoms with Crippen LogP contribution in [-0.4, -0.2) is 17.6 Å². The van der Waals surface area contributed by atoms with Crippen LogP contribution >= 0.6 is 11.6 Å². The molecule has 0 amide bonds. The van der Waals surface area contributed by atoms with Crippen molar-refractivity contribution in [1.29, 1.82) is 0 Å². The lowest BCUT2D eigenvalue weighted by Gasteiger charge is -2.27. The predicted octanol–water partition coefficient (Wildman–Crippen LogP) is 3.84. The molecule has 15 heavy (non-hydrogen) atoms. The van der Waals surface area contributed by atoms with Crippen molar-refractivity contribution in [3.05, 3.63) is 0 Å². The molecular formula is C13H23ClO. The van der Waals surface area contributed by atoms with Crippen molar-refractivity contribution in [2.24, 2.45) is 17.3 Å². The van der Waals surface area contributed by atoms with E-state index in [0.29, 0.717) is 28.9 Å². The Balaban J connectivity index is 2.07. The highest BCUT2D eigenvalue weighted by Gasteiger charge is 2.49. The van der Waals surface area contributed by atoms with E-state index in [0.717, 1.165) is 12.3 Å². The molecule has 1 saturated heterocycles. The first-order valence-corrected chi connectivity index (χ1v) is 6.62. The Morgan fingerprint density at radius 3 is 2.53 bits per heavy atom. The van der Waals surface area contributed by atoms with Gasteiger partial charge in [-0.2, -0.15) is 0 Å². The fourth-order valence-corrected chi connectivity index (χ4v) is 3.79. The van der Waals surface area contributed by atoms with Crippen molar-refractivity contribution < 1.29 is 4.74 Å². The van der Waals surface area contributed by atoms with E-state index in [1.807, 2.05) is 0 Å². The summed E-state index contributed by atoms with van der Waals surface area (Å²) in [7, 11) is 0. The molecule has 1 aliphatic heterocycles. The second-order valence-corrected chi connectivity index (χ2v) is 7.04. The van der Waals surface area contributed by atoms with Crippen molar-refractivity contribution in [2.75, 3.05) is 0 Å². The molecule has 1 nitrogen and oxygen atoms in total. The van der Waals surface area contributed by atoms with Crippen molar-refractivity contribution in [1.82, 2.24) is 0 Å². The fraction of sp³-hybridized carbons (Fsp3) is 1.00. The molecule has 1 saturated carbocycles. The summed E-state index contributed by atoms with van der Waals surface area (Å²) in [6, 6.07) is 0. The van der Waals surface area contributed by atoms with Crippen LogP contribution in [0.25, 0.3) is 0 Å². The summed E-state index contributed by atoms with van der Waals surface area (Å²) in [6.45, 7) is 9.07. The molecule has 0 aromatic heterocycles. The molecule has 2 rings (SSSR count). The maximum Gasteiger partial charge on any atom is 0.0629 e.